The summed E-state index contributed by atoms with van der Waals surface area (Å²) in [7, 11) is 0. The Balaban J connectivity index is 1.02. The van der Waals surface area contributed by atoms with Crippen LogP contribution in [0.1, 0.15) is 0 Å². The number of nitrogens with zero attached hydrogens (tertiary/aromatic N) is 2. The predicted octanol–water partition coefficient (Wildman–Crippen LogP) is 16.6. The maximum absolute atomic E-state index is 2.39. The molecule has 1 aromatic heterocycles. The molecule has 0 atom stereocenters. The Morgan fingerprint density at radius 3 is 1.27 bits per heavy atom. The summed E-state index contributed by atoms with van der Waals surface area (Å²) in [6, 6.07) is 92.0. The van der Waals surface area contributed by atoms with Gasteiger partial charge >= 0.3 is 0 Å². The van der Waals surface area contributed by atoms with Crippen LogP contribution in [0.3, 0.4) is 0 Å². The van der Waals surface area contributed by atoms with E-state index in [0.29, 0.717) is 0 Å². The fourth-order valence-corrected chi connectivity index (χ4v) is 9.00. The highest BCUT2D eigenvalue weighted by atomic mass is 15.1. The van der Waals surface area contributed by atoms with E-state index in [2.05, 4.69) is 264 Å². The van der Waals surface area contributed by atoms with Gasteiger partial charge in [-0.3, -0.25) is 0 Å². The topological polar surface area (TPSA) is 8.17 Å². The number of fused-ring (bicyclic) bond motifs is 3. The Morgan fingerprint density at radius 2 is 0.677 bits per heavy atom. The van der Waals surface area contributed by atoms with E-state index in [9.17, 15) is 0 Å². The van der Waals surface area contributed by atoms with Gasteiger partial charge in [-0.2, -0.15) is 0 Å². The second-order valence-corrected chi connectivity index (χ2v) is 15.8. The molecule has 2 nitrogen and oxygen atoms in total. The summed E-state index contributed by atoms with van der Waals surface area (Å²) in [6.07, 6.45) is 0. The van der Waals surface area contributed by atoms with Crippen molar-refractivity contribution in [3.05, 3.63) is 255 Å². The van der Waals surface area contributed by atoms with E-state index in [1.807, 2.05) is 0 Å². The van der Waals surface area contributed by atoms with Crippen molar-refractivity contribution < 1.29 is 0 Å². The molecule has 0 spiro atoms. The van der Waals surface area contributed by atoms with E-state index >= 15 is 0 Å². The number of para-hydroxylation sites is 2. The zero-order chi connectivity index (χ0) is 41.2. The van der Waals surface area contributed by atoms with Crippen LogP contribution in [0.25, 0.3) is 83.1 Å². The molecule has 0 radical (unpaired) electrons. The minimum atomic E-state index is 1.08. The lowest BCUT2D eigenvalue weighted by molar-refractivity contribution is 1.18. The highest BCUT2D eigenvalue weighted by molar-refractivity contribution is 6.15. The summed E-state index contributed by atoms with van der Waals surface area (Å²) in [5, 5.41) is 2.52. The highest BCUT2D eigenvalue weighted by Gasteiger charge is 2.18. The Kier molecular flexibility index (Phi) is 9.57. The third kappa shape index (κ3) is 6.94. The van der Waals surface area contributed by atoms with Gasteiger partial charge < -0.3 is 9.47 Å². The molecule has 0 saturated heterocycles. The lowest BCUT2D eigenvalue weighted by Gasteiger charge is -2.27. The first-order valence-electron chi connectivity index (χ1n) is 21.3. The third-order valence-corrected chi connectivity index (χ3v) is 12.0. The number of rotatable bonds is 9. The van der Waals surface area contributed by atoms with Gasteiger partial charge in [-0.05, 0) is 128 Å². The minimum Gasteiger partial charge on any atom is -0.310 e. The lowest BCUT2D eigenvalue weighted by Crippen LogP contribution is -2.10. The molecule has 0 fully saturated rings. The van der Waals surface area contributed by atoms with Crippen LogP contribution in [0.15, 0.2) is 255 Å². The standard InChI is InChI=1S/C60H42N2/c1-5-17-43(18-6-1)46-31-35-53(36-32-46)61(55-41-50(44-19-7-2-8-20-44)40-51(42-55)45-21-9-3-10-22-45)54-37-33-47(34-38-54)48-23-15-24-49(39-48)56-28-16-30-59-60(56)57-27-13-14-29-58(57)62(59)52-25-11-4-12-26-52/h1-42H. The molecular weight excluding hydrogens is 749 g/mol. The second-order valence-electron chi connectivity index (χ2n) is 15.8. The molecule has 62 heavy (non-hydrogen) atoms. The van der Waals surface area contributed by atoms with Crippen LogP contribution in [-0.2, 0) is 0 Å². The number of aromatic nitrogens is 1. The van der Waals surface area contributed by atoms with Gasteiger partial charge in [0.1, 0.15) is 0 Å². The summed E-state index contributed by atoms with van der Waals surface area (Å²) >= 11 is 0. The normalized spacial score (nSPS) is 11.2. The first-order valence-corrected chi connectivity index (χ1v) is 21.3. The molecule has 2 heteroatoms. The molecule has 11 aromatic rings. The molecule has 0 saturated carbocycles. The molecule has 292 valence electrons. The monoisotopic (exact) mass is 790 g/mol. The van der Waals surface area contributed by atoms with Crippen molar-refractivity contribution in [2.75, 3.05) is 4.90 Å². The second kappa shape index (κ2) is 16.1. The van der Waals surface area contributed by atoms with Crippen LogP contribution in [0.2, 0.25) is 0 Å². The molecule has 0 amide bonds. The van der Waals surface area contributed by atoms with Gasteiger partial charge in [0.15, 0.2) is 0 Å². The van der Waals surface area contributed by atoms with Crippen LogP contribution in [-0.4, -0.2) is 4.57 Å². The lowest BCUT2D eigenvalue weighted by atomic mass is 9.95. The average molecular weight is 791 g/mol. The van der Waals surface area contributed by atoms with Crippen LogP contribution in [0, 0.1) is 0 Å². The van der Waals surface area contributed by atoms with Gasteiger partial charge in [-0.1, -0.05) is 182 Å². The van der Waals surface area contributed by atoms with Gasteiger partial charge in [-0.15, -0.1) is 0 Å². The molecule has 0 aliphatic heterocycles. The Labute approximate surface area is 362 Å². The number of anilines is 3. The number of hydrogen-bond acceptors (Lipinski definition) is 1. The van der Waals surface area contributed by atoms with Crippen molar-refractivity contribution >= 4 is 38.9 Å². The zero-order valence-electron chi connectivity index (χ0n) is 34.1. The Morgan fingerprint density at radius 1 is 0.258 bits per heavy atom. The molecule has 10 aromatic carbocycles. The molecule has 0 N–H and O–H groups in total. The van der Waals surface area contributed by atoms with E-state index in [0.717, 1.165) is 28.3 Å². The Hall–Kier alpha value is -8.20. The van der Waals surface area contributed by atoms with Crippen molar-refractivity contribution in [1.82, 2.24) is 4.57 Å². The summed E-state index contributed by atoms with van der Waals surface area (Å²) < 4.78 is 2.38. The maximum Gasteiger partial charge on any atom is 0.0547 e. The van der Waals surface area contributed by atoms with E-state index in [4.69, 9.17) is 0 Å². The summed E-state index contributed by atoms with van der Waals surface area (Å²) in [6.45, 7) is 0. The fourth-order valence-electron chi connectivity index (χ4n) is 9.00. The van der Waals surface area contributed by atoms with Gasteiger partial charge in [0, 0.05) is 33.5 Å². The summed E-state index contributed by atoms with van der Waals surface area (Å²) in [5.41, 5.74) is 18.7. The van der Waals surface area contributed by atoms with Crippen molar-refractivity contribution in [1.29, 1.82) is 0 Å². The first kappa shape index (κ1) is 36.8. The molecular formula is C60H42N2. The number of hydrogen-bond donors (Lipinski definition) is 0. The van der Waals surface area contributed by atoms with Crippen LogP contribution >= 0.6 is 0 Å². The van der Waals surface area contributed by atoms with Gasteiger partial charge in [-0.25, -0.2) is 0 Å². The minimum absolute atomic E-state index is 1.08. The SMILES string of the molecule is c1ccc(-c2ccc(N(c3ccc(-c4cccc(-c5cccc6c5c5ccccc5n6-c5ccccc5)c4)cc3)c3cc(-c4ccccc4)cc(-c4ccccc4)c3)cc2)cc1. The predicted molar refractivity (Wildman–Crippen MR) is 263 cm³/mol. The van der Waals surface area contributed by atoms with Gasteiger partial charge in [0.25, 0.3) is 0 Å². The largest absolute Gasteiger partial charge is 0.310 e. The van der Waals surface area contributed by atoms with Gasteiger partial charge in [0.05, 0.1) is 11.0 Å². The summed E-state index contributed by atoms with van der Waals surface area (Å²) in [4.78, 5) is 2.39. The third-order valence-electron chi connectivity index (χ3n) is 12.0. The summed E-state index contributed by atoms with van der Waals surface area (Å²) in [5.74, 6) is 0. The highest BCUT2D eigenvalue weighted by Crippen LogP contribution is 2.42. The van der Waals surface area contributed by atoms with Crippen LogP contribution in [0.4, 0.5) is 17.1 Å². The van der Waals surface area contributed by atoms with E-state index < -0.39 is 0 Å². The molecule has 0 unspecified atom stereocenters. The first-order chi connectivity index (χ1) is 30.7. The van der Waals surface area contributed by atoms with E-state index in [-0.39, 0.29) is 0 Å². The van der Waals surface area contributed by atoms with Crippen molar-refractivity contribution in [2.24, 2.45) is 0 Å². The van der Waals surface area contributed by atoms with Crippen LogP contribution < -0.4 is 4.90 Å². The molecule has 11 rings (SSSR count). The smallest absolute Gasteiger partial charge is 0.0547 e. The molecule has 1 heterocycles. The molecule has 0 bridgehead atoms. The van der Waals surface area contributed by atoms with Gasteiger partial charge in [0.2, 0.25) is 0 Å². The van der Waals surface area contributed by atoms with E-state index in [1.54, 1.807) is 0 Å². The molecule has 0 aliphatic carbocycles. The van der Waals surface area contributed by atoms with Crippen molar-refractivity contribution in [2.45, 2.75) is 0 Å². The van der Waals surface area contributed by atoms with Crippen molar-refractivity contribution in [3.8, 4) is 61.3 Å². The van der Waals surface area contributed by atoms with Crippen molar-refractivity contribution in [3.63, 3.8) is 0 Å². The Bertz CT molecular complexity index is 3240. The number of benzene rings is 10. The fraction of sp³-hybridized carbons (Fsp3) is 0. The average Bonchev–Trinajstić information content (AvgIpc) is 3.70. The maximum atomic E-state index is 2.39. The molecule has 0 aliphatic rings. The zero-order valence-corrected chi connectivity index (χ0v) is 34.1. The van der Waals surface area contributed by atoms with E-state index in [1.165, 1.54) is 71.9 Å². The quantitative estimate of drug-likeness (QED) is 0.141. The van der Waals surface area contributed by atoms with Crippen LogP contribution in [0.5, 0.6) is 0 Å².